The summed E-state index contributed by atoms with van der Waals surface area (Å²) in [7, 11) is 0. The minimum Gasteiger partial charge on any atom is -0.492 e. The number of nitrogens with zero attached hydrogens (tertiary/aromatic N) is 1. The van der Waals surface area contributed by atoms with E-state index in [1.165, 1.54) is 0 Å². The summed E-state index contributed by atoms with van der Waals surface area (Å²) in [6.45, 7) is 10.1. The number of rotatable bonds is 5. The number of hydrogen-bond acceptors (Lipinski definition) is 4. The van der Waals surface area contributed by atoms with Crippen LogP contribution < -0.4 is 19.7 Å². The van der Waals surface area contributed by atoms with Gasteiger partial charge in [0.2, 0.25) is 5.91 Å². The summed E-state index contributed by atoms with van der Waals surface area (Å²) < 4.78 is 11.6. The van der Waals surface area contributed by atoms with Gasteiger partial charge in [-0.25, -0.2) is 0 Å². The third-order valence-electron chi connectivity index (χ3n) is 4.68. The standard InChI is InChI=1S/C23H28N2O4/c1-15-7-6-8-18(13-15)28-12-11-25-19-10-9-17(24-22(27)23(3,4)5)14-20(19)29-16(2)21(25)26/h6-10,13-14,16H,11-12H2,1-5H3,(H,24,27). The van der Waals surface area contributed by atoms with Crippen LogP contribution >= 0.6 is 0 Å². The fraction of sp³-hybridized carbons (Fsp3) is 0.391. The van der Waals surface area contributed by atoms with Crippen molar-refractivity contribution >= 4 is 23.2 Å². The first-order valence-electron chi connectivity index (χ1n) is 9.78. The van der Waals surface area contributed by atoms with E-state index in [0.717, 1.165) is 11.3 Å². The van der Waals surface area contributed by atoms with Crippen LogP contribution in [-0.2, 0) is 9.59 Å². The van der Waals surface area contributed by atoms with Gasteiger partial charge in [0.15, 0.2) is 6.10 Å². The highest BCUT2D eigenvalue weighted by Crippen LogP contribution is 2.36. The quantitative estimate of drug-likeness (QED) is 0.824. The molecule has 0 saturated carbocycles. The fourth-order valence-electron chi connectivity index (χ4n) is 3.00. The minimum atomic E-state index is -0.602. The van der Waals surface area contributed by atoms with Crippen molar-refractivity contribution in [3.8, 4) is 11.5 Å². The van der Waals surface area contributed by atoms with Gasteiger partial charge in [-0.05, 0) is 43.7 Å². The highest BCUT2D eigenvalue weighted by molar-refractivity contribution is 6.01. The molecule has 3 rings (SSSR count). The van der Waals surface area contributed by atoms with Crippen LogP contribution in [0.2, 0.25) is 0 Å². The molecule has 1 aliphatic rings. The molecule has 1 heterocycles. The largest absolute Gasteiger partial charge is 0.492 e. The molecular formula is C23H28N2O4. The van der Waals surface area contributed by atoms with Gasteiger partial charge in [0.25, 0.3) is 5.91 Å². The van der Waals surface area contributed by atoms with Crippen molar-refractivity contribution < 1.29 is 19.1 Å². The van der Waals surface area contributed by atoms with Gasteiger partial charge < -0.3 is 19.7 Å². The molecule has 1 atom stereocenters. The normalized spacial score (nSPS) is 16.1. The summed E-state index contributed by atoms with van der Waals surface area (Å²) in [5, 5.41) is 2.90. The zero-order chi connectivity index (χ0) is 21.2. The molecule has 0 bridgehead atoms. The molecule has 1 N–H and O–H groups in total. The zero-order valence-corrected chi connectivity index (χ0v) is 17.6. The molecule has 29 heavy (non-hydrogen) atoms. The first-order chi connectivity index (χ1) is 13.6. The van der Waals surface area contributed by atoms with Crippen molar-refractivity contribution in [1.82, 2.24) is 0 Å². The van der Waals surface area contributed by atoms with Crippen molar-refractivity contribution in [2.45, 2.75) is 40.7 Å². The molecule has 2 amide bonds. The number of aryl methyl sites for hydroxylation is 1. The molecule has 154 valence electrons. The molecule has 0 aromatic heterocycles. The van der Waals surface area contributed by atoms with E-state index in [4.69, 9.17) is 9.47 Å². The topological polar surface area (TPSA) is 67.9 Å². The van der Waals surface area contributed by atoms with Crippen LogP contribution in [0.4, 0.5) is 11.4 Å². The molecule has 2 aromatic carbocycles. The number of ether oxygens (including phenoxy) is 2. The van der Waals surface area contributed by atoms with Gasteiger partial charge in [-0.3, -0.25) is 9.59 Å². The van der Waals surface area contributed by atoms with E-state index in [9.17, 15) is 9.59 Å². The van der Waals surface area contributed by atoms with Crippen LogP contribution in [0.5, 0.6) is 11.5 Å². The molecule has 6 heteroatoms. The van der Waals surface area contributed by atoms with Crippen LogP contribution in [0, 0.1) is 12.3 Å². The van der Waals surface area contributed by atoms with Crippen molar-refractivity contribution in [2.24, 2.45) is 5.41 Å². The summed E-state index contributed by atoms with van der Waals surface area (Å²) in [5.41, 5.74) is 1.93. The van der Waals surface area contributed by atoms with Crippen LogP contribution in [0.15, 0.2) is 42.5 Å². The molecule has 0 saturated heterocycles. The van der Waals surface area contributed by atoms with Crippen LogP contribution in [0.3, 0.4) is 0 Å². The monoisotopic (exact) mass is 396 g/mol. The molecule has 0 aliphatic carbocycles. The first-order valence-corrected chi connectivity index (χ1v) is 9.78. The Labute approximate surface area is 171 Å². The van der Waals surface area contributed by atoms with E-state index in [1.54, 1.807) is 30.0 Å². The van der Waals surface area contributed by atoms with E-state index in [-0.39, 0.29) is 11.8 Å². The summed E-state index contributed by atoms with van der Waals surface area (Å²) >= 11 is 0. The zero-order valence-electron chi connectivity index (χ0n) is 17.6. The number of carbonyl (C=O) groups is 2. The lowest BCUT2D eigenvalue weighted by Crippen LogP contribution is -2.46. The average molecular weight is 396 g/mol. The van der Waals surface area contributed by atoms with Gasteiger partial charge in [0, 0.05) is 17.2 Å². The molecule has 1 aliphatic heterocycles. The number of carbonyl (C=O) groups excluding carboxylic acids is 2. The van der Waals surface area contributed by atoms with Crippen molar-refractivity contribution in [1.29, 1.82) is 0 Å². The molecule has 1 unspecified atom stereocenters. The average Bonchev–Trinajstić information content (AvgIpc) is 2.64. The second-order valence-electron chi connectivity index (χ2n) is 8.30. The lowest BCUT2D eigenvalue weighted by molar-refractivity contribution is -0.125. The third kappa shape index (κ3) is 4.88. The number of fused-ring (bicyclic) bond motifs is 1. The molecule has 0 radical (unpaired) electrons. The molecular weight excluding hydrogens is 368 g/mol. The molecule has 2 aromatic rings. The van der Waals surface area contributed by atoms with Gasteiger partial charge in [-0.15, -0.1) is 0 Å². The van der Waals surface area contributed by atoms with Gasteiger partial charge >= 0.3 is 0 Å². The first kappa shape index (κ1) is 20.7. The van der Waals surface area contributed by atoms with Gasteiger partial charge in [-0.2, -0.15) is 0 Å². The van der Waals surface area contributed by atoms with E-state index >= 15 is 0 Å². The Kier molecular flexibility index (Phi) is 5.82. The predicted octanol–water partition coefficient (Wildman–Crippen LogP) is 4.17. The summed E-state index contributed by atoms with van der Waals surface area (Å²) in [6, 6.07) is 13.1. The van der Waals surface area contributed by atoms with Crippen molar-refractivity contribution in [3.63, 3.8) is 0 Å². The SMILES string of the molecule is Cc1cccc(OCCN2C(=O)C(C)Oc3cc(NC(=O)C(C)(C)C)ccc32)c1. The Hall–Kier alpha value is -3.02. The maximum atomic E-state index is 12.7. The van der Waals surface area contributed by atoms with E-state index in [0.29, 0.717) is 30.3 Å². The maximum absolute atomic E-state index is 12.7. The number of anilines is 2. The smallest absolute Gasteiger partial charge is 0.267 e. The number of nitrogens with one attached hydrogen (secondary N) is 1. The minimum absolute atomic E-state index is 0.0826. The highest BCUT2D eigenvalue weighted by Gasteiger charge is 2.32. The van der Waals surface area contributed by atoms with Gasteiger partial charge in [0.1, 0.15) is 18.1 Å². The van der Waals surface area contributed by atoms with Crippen molar-refractivity contribution in [3.05, 3.63) is 48.0 Å². The Morgan fingerprint density at radius 1 is 1.21 bits per heavy atom. The summed E-state index contributed by atoms with van der Waals surface area (Å²) in [6.07, 6.45) is -0.602. The van der Waals surface area contributed by atoms with Crippen molar-refractivity contribution in [2.75, 3.05) is 23.4 Å². The fourth-order valence-corrected chi connectivity index (χ4v) is 3.00. The summed E-state index contributed by atoms with van der Waals surface area (Å²) in [4.78, 5) is 26.6. The van der Waals surface area contributed by atoms with Gasteiger partial charge in [0.05, 0.1) is 12.2 Å². The maximum Gasteiger partial charge on any atom is 0.267 e. The van der Waals surface area contributed by atoms with Gasteiger partial charge in [-0.1, -0.05) is 32.9 Å². The van der Waals surface area contributed by atoms with Crippen LogP contribution in [0.25, 0.3) is 0 Å². The number of hydrogen-bond donors (Lipinski definition) is 1. The van der Waals surface area contributed by atoms with E-state index in [1.807, 2.05) is 52.0 Å². The Bertz CT molecular complexity index is 917. The predicted molar refractivity (Wildman–Crippen MR) is 114 cm³/mol. The number of benzene rings is 2. The Morgan fingerprint density at radius 2 is 1.97 bits per heavy atom. The lowest BCUT2D eigenvalue weighted by atomic mass is 9.95. The van der Waals surface area contributed by atoms with E-state index in [2.05, 4.69) is 5.32 Å². The number of amides is 2. The second kappa shape index (κ2) is 8.15. The third-order valence-corrected chi connectivity index (χ3v) is 4.68. The molecule has 0 fully saturated rings. The summed E-state index contributed by atoms with van der Waals surface area (Å²) in [5.74, 6) is 1.15. The molecule has 0 spiro atoms. The van der Waals surface area contributed by atoms with Crippen LogP contribution in [-0.4, -0.2) is 31.1 Å². The van der Waals surface area contributed by atoms with Crippen LogP contribution in [0.1, 0.15) is 33.3 Å². The lowest BCUT2D eigenvalue weighted by Gasteiger charge is -2.33. The Balaban J connectivity index is 1.74. The van der Waals surface area contributed by atoms with E-state index < -0.39 is 11.5 Å². The second-order valence-corrected chi connectivity index (χ2v) is 8.30. The highest BCUT2D eigenvalue weighted by atomic mass is 16.5. The Morgan fingerprint density at radius 3 is 2.66 bits per heavy atom. The molecule has 6 nitrogen and oxygen atoms in total.